The Labute approximate surface area is 106 Å². The van der Waals surface area contributed by atoms with Gasteiger partial charge in [0.25, 0.3) is 0 Å². The molecule has 0 aromatic carbocycles. The van der Waals surface area contributed by atoms with Gasteiger partial charge in [0.15, 0.2) is 11.6 Å². The number of nitrogens with two attached hydrogens (primary N) is 1. The Kier molecular flexibility index (Phi) is 3.65. The molecular weight excluding hydrogens is 259 g/mol. The Balaban J connectivity index is 2.41. The number of azide groups is 1. The van der Waals surface area contributed by atoms with Crippen LogP contribution in [-0.4, -0.2) is 33.4 Å². The quantitative estimate of drug-likeness (QED) is 0.449. The second kappa shape index (κ2) is 5.22. The number of nitrogens with zero attached hydrogens (tertiary/aromatic N) is 5. The first-order valence-corrected chi connectivity index (χ1v) is 5.41. The van der Waals surface area contributed by atoms with E-state index in [-0.39, 0.29) is 13.0 Å². The van der Waals surface area contributed by atoms with Crippen LogP contribution in [0.25, 0.3) is 10.4 Å². The van der Waals surface area contributed by atoms with Gasteiger partial charge in [-0.1, -0.05) is 5.11 Å². The zero-order chi connectivity index (χ0) is 14.0. The number of aliphatic hydroxyl groups excluding tert-OH is 1. The molecule has 0 spiro atoms. The number of halogens is 1. The summed E-state index contributed by atoms with van der Waals surface area (Å²) in [6, 6.07) is -0.732. The lowest BCUT2D eigenvalue weighted by atomic mass is 10.2. The average molecular weight is 270 g/mol. The normalized spacial score (nSPS) is 26.1. The van der Waals surface area contributed by atoms with E-state index in [0.717, 1.165) is 10.8 Å². The van der Waals surface area contributed by atoms with Crippen molar-refractivity contribution in [1.82, 2.24) is 9.55 Å². The van der Waals surface area contributed by atoms with E-state index >= 15 is 0 Å². The third-order valence-electron chi connectivity index (χ3n) is 2.78. The number of aliphatic hydroxyl groups is 1. The van der Waals surface area contributed by atoms with E-state index in [1.807, 2.05) is 0 Å². The molecule has 9 nitrogen and oxygen atoms in total. The monoisotopic (exact) mass is 270 g/mol. The van der Waals surface area contributed by atoms with Gasteiger partial charge in [-0.05, 0) is 12.0 Å². The number of rotatable bonds is 3. The van der Waals surface area contributed by atoms with Crippen molar-refractivity contribution in [2.75, 3.05) is 12.3 Å². The summed E-state index contributed by atoms with van der Waals surface area (Å²) >= 11 is 0. The molecule has 2 rings (SSSR count). The van der Waals surface area contributed by atoms with Crippen LogP contribution in [0.2, 0.25) is 0 Å². The molecular formula is C9H11FN6O3. The third-order valence-corrected chi connectivity index (χ3v) is 2.78. The third kappa shape index (κ3) is 2.50. The Morgan fingerprint density at radius 1 is 1.79 bits per heavy atom. The van der Waals surface area contributed by atoms with Crippen molar-refractivity contribution >= 4 is 5.82 Å². The van der Waals surface area contributed by atoms with Gasteiger partial charge in [-0.15, -0.1) is 0 Å². The molecule has 3 N–H and O–H groups in total. The van der Waals surface area contributed by atoms with Crippen molar-refractivity contribution in [2.24, 2.45) is 5.11 Å². The smallest absolute Gasteiger partial charge is 0.351 e. The van der Waals surface area contributed by atoms with Gasteiger partial charge >= 0.3 is 5.69 Å². The highest BCUT2D eigenvalue weighted by Crippen LogP contribution is 2.30. The molecule has 1 aromatic heterocycles. The van der Waals surface area contributed by atoms with E-state index in [1.54, 1.807) is 0 Å². The summed E-state index contributed by atoms with van der Waals surface area (Å²) in [5.41, 5.74) is 12.8. The Morgan fingerprint density at radius 3 is 3.16 bits per heavy atom. The van der Waals surface area contributed by atoms with E-state index in [9.17, 15) is 9.18 Å². The first-order valence-electron chi connectivity index (χ1n) is 5.41. The van der Waals surface area contributed by atoms with E-state index in [2.05, 4.69) is 15.0 Å². The molecule has 19 heavy (non-hydrogen) atoms. The molecule has 1 fully saturated rings. The van der Waals surface area contributed by atoms with Gasteiger partial charge in [0, 0.05) is 4.91 Å². The van der Waals surface area contributed by atoms with Crippen molar-refractivity contribution in [3.8, 4) is 0 Å². The molecule has 0 saturated carbocycles. The molecule has 1 aliphatic heterocycles. The minimum Gasteiger partial charge on any atom is -0.394 e. The van der Waals surface area contributed by atoms with Gasteiger partial charge in [0.1, 0.15) is 6.23 Å². The topological polar surface area (TPSA) is 139 Å². The van der Waals surface area contributed by atoms with Crippen LogP contribution in [0, 0.1) is 5.82 Å². The Bertz CT molecular complexity index is 584. The van der Waals surface area contributed by atoms with Crippen molar-refractivity contribution in [3.63, 3.8) is 0 Å². The van der Waals surface area contributed by atoms with Crippen molar-refractivity contribution < 1.29 is 14.2 Å². The summed E-state index contributed by atoms with van der Waals surface area (Å²) in [7, 11) is 0. The number of hydrogen-bond acceptors (Lipinski definition) is 6. The molecule has 3 atom stereocenters. The largest absolute Gasteiger partial charge is 0.394 e. The maximum absolute atomic E-state index is 13.3. The molecule has 10 heteroatoms. The maximum Gasteiger partial charge on any atom is 0.351 e. The fraction of sp³-hybridized carbons (Fsp3) is 0.556. The lowest BCUT2D eigenvalue weighted by Crippen LogP contribution is -2.32. The fourth-order valence-electron chi connectivity index (χ4n) is 1.91. The van der Waals surface area contributed by atoms with Gasteiger partial charge in [0.2, 0.25) is 0 Å². The zero-order valence-electron chi connectivity index (χ0n) is 9.68. The standard InChI is InChI=1S/C9H11FN6O3/c10-5-2-16(9(18)13-7(5)11)8-6(14-15-12)1-4(3-17)19-8/h2,4,6,8,17H,1,3H2,(H2,11,13,18)/t4-,6+,8+/m1/s1. The summed E-state index contributed by atoms with van der Waals surface area (Å²) < 4.78 is 19.5. The summed E-state index contributed by atoms with van der Waals surface area (Å²) in [5.74, 6) is -1.39. The zero-order valence-corrected chi connectivity index (χ0v) is 9.68. The second-order valence-electron chi connectivity index (χ2n) is 4.00. The summed E-state index contributed by atoms with van der Waals surface area (Å²) in [6.45, 7) is -0.298. The van der Waals surface area contributed by atoms with E-state index in [0.29, 0.717) is 0 Å². The van der Waals surface area contributed by atoms with Crippen LogP contribution in [-0.2, 0) is 4.74 Å². The summed E-state index contributed by atoms with van der Waals surface area (Å²) in [4.78, 5) is 17.6. The minimum absolute atomic E-state index is 0.226. The lowest BCUT2D eigenvalue weighted by Gasteiger charge is -2.17. The molecule has 0 radical (unpaired) electrons. The van der Waals surface area contributed by atoms with E-state index in [4.69, 9.17) is 21.1 Å². The van der Waals surface area contributed by atoms with Crippen molar-refractivity contribution in [2.45, 2.75) is 24.8 Å². The minimum atomic E-state index is -1.01. The van der Waals surface area contributed by atoms with Gasteiger partial charge in [-0.25, -0.2) is 9.18 Å². The first kappa shape index (κ1) is 13.3. The summed E-state index contributed by atoms with van der Waals surface area (Å²) in [5, 5.41) is 12.5. The number of ether oxygens (including phenoxy) is 1. The highest BCUT2D eigenvalue weighted by atomic mass is 19.1. The average Bonchev–Trinajstić information content (AvgIpc) is 2.77. The van der Waals surface area contributed by atoms with Crippen LogP contribution in [0.5, 0.6) is 0 Å². The van der Waals surface area contributed by atoms with Gasteiger partial charge in [0.05, 0.1) is 24.9 Å². The SMILES string of the molecule is [N-]=[N+]=N[C@H]1C[C@H](CO)O[C@@H]1n1cc(F)c(N)nc1=O. The van der Waals surface area contributed by atoms with Gasteiger partial charge < -0.3 is 15.6 Å². The molecule has 1 aromatic rings. The molecule has 0 unspecified atom stereocenters. The number of nitrogen functional groups attached to an aromatic ring is 1. The van der Waals surface area contributed by atoms with Crippen LogP contribution in [0.1, 0.15) is 12.6 Å². The number of hydrogen-bond donors (Lipinski definition) is 2. The Hall–Kier alpha value is -2.16. The maximum atomic E-state index is 13.3. The van der Waals surface area contributed by atoms with Crippen LogP contribution in [0.15, 0.2) is 16.1 Å². The molecule has 102 valence electrons. The highest BCUT2D eigenvalue weighted by Gasteiger charge is 2.36. The van der Waals surface area contributed by atoms with E-state index in [1.165, 1.54) is 0 Å². The van der Waals surface area contributed by atoms with Gasteiger partial charge in [-0.2, -0.15) is 4.98 Å². The van der Waals surface area contributed by atoms with Crippen molar-refractivity contribution in [3.05, 3.63) is 32.9 Å². The molecule has 0 bridgehead atoms. The molecule has 2 heterocycles. The highest BCUT2D eigenvalue weighted by molar-refractivity contribution is 5.26. The molecule has 0 amide bonds. The van der Waals surface area contributed by atoms with Crippen molar-refractivity contribution in [1.29, 1.82) is 0 Å². The second-order valence-corrected chi connectivity index (χ2v) is 4.00. The predicted molar refractivity (Wildman–Crippen MR) is 61.4 cm³/mol. The molecule has 1 aliphatic rings. The number of anilines is 1. The van der Waals surface area contributed by atoms with Gasteiger partial charge in [-0.3, -0.25) is 4.57 Å². The van der Waals surface area contributed by atoms with E-state index < -0.39 is 35.7 Å². The lowest BCUT2D eigenvalue weighted by molar-refractivity contribution is -0.0282. The fourth-order valence-corrected chi connectivity index (χ4v) is 1.91. The Morgan fingerprint density at radius 2 is 2.53 bits per heavy atom. The van der Waals surface area contributed by atoms with Crippen LogP contribution >= 0.6 is 0 Å². The first-order chi connectivity index (χ1) is 9.06. The van der Waals surface area contributed by atoms with Crippen LogP contribution in [0.4, 0.5) is 10.2 Å². The van der Waals surface area contributed by atoms with Crippen LogP contribution < -0.4 is 11.4 Å². The summed E-state index contributed by atoms with van der Waals surface area (Å²) in [6.07, 6.45) is -0.533. The predicted octanol–water partition coefficient (Wildman–Crippen LogP) is -0.0767. The van der Waals surface area contributed by atoms with Crippen LogP contribution in [0.3, 0.4) is 0 Å². The molecule has 0 aliphatic carbocycles. The molecule has 1 saturated heterocycles. The number of aromatic nitrogens is 2.